The minimum Gasteiger partial charge on any atom is -0.343 e. The van der Waals surface area contributed by atoms with Crippen LogP contribution in [0.5, 0.6) is 0 Å². The molecule has 0 fully saturated rings. The van der Waals surface area contributed by atoms with E-state index in [0.717, 1.165) is 52.7 Å². The fraction of sp³-hybridized carbons (Fsp3) is 0.238. The first-order chi connectivity index (χ1) is 13.1. The summed E-state index contributed by atoms with van der Waals surface area (Å²) in [5.41, 5.74) is 4.13. The Kier molecular flexibility index (Phi) is 4.85. The topological polar surface area (TPSA) is 63.1 Å². The molecule has 2 N–H and O–H groups in total. The van der Waals surface area contributed by atoms with Crippen molar-refractivity contribution >= 4 is 44.2 Å². The van der Waals surface area contributed by atoms with Gasteiger partial charge in [0.2, 0.25) is 0 Å². The van der Waals surface area contributed by atoms with Crippen molar-refractivity contribution in [1.29, 1.82) is 0 Å². The number of amides is 1. The van der Waals surface area contributed by atoms with Crippen LogP contribution < -0.4 is 10.6 Å². The quantitative estimate of drug-likeness (QED) is 0.496. The van der Waals surface area contributed by atoms with Gasteiger partial charge in [0.05, 0.1) is 11.3 Å². The lowest BCUT2D eigenvalue weighted by Crippen LogP contribution is -2.24. The number of fused-ring (bicyclic) bond motifs is 3. The second-order valence-electron chi connectivity index (χ2n) is 6.76. The molecule has 0 saturated carbocycles. The van der Waals surface area contributed by atoms with E-state index in [1.165, 1.54) is 0 Å². The number of rotatable bonds is 3. The Bertz CT molecular complexity index is 1060. The highest BCUT2D eigenvalue weighted by Crippen LogP contribution is 2.29. The van der Waals surface area contributed by atoms with Crippen LogP contribution in [0.15, 0.2) is 46.9 Å². The Balaban J connectivity index is 1.74. The second kappa shape index (κ2) is 7.29. The molecule has 3 aromatic rings. The van der Waals surface area contributed by atoms with E-state index in [-0.39, 0.29) is 0 Å². The minimum atomic E-state index is -0.615. The molecule has 4 rings (SSSR count). The molecule has 27 heavy (non-hydrogen) atoms. The molecule has 0 unspecified atom stereocenters. The summed E-state index contributed by atoms with van der Waals surface area (Å²) >= 11 is 3.45. The third-order valence-corrected chi connectivity index (χ3v) is 5.59. The lowest BCUT2D eigenvalue weighted by atomic mass is 10.0. The number of para-hydroxylation sites is 1. The standard InChI is InChI=1S/C21H20BrN3O2/c1-13-6-7-16(15(22)12-13)24-21(27)20(26)19-14-4-2-3-5-17(14)25-11-10-23-9-8-18(19)25/h2-7,12,23H,8-11H2,1H3,(H,24,27). The lowest BCUT2D eigenvalue weighted by Gasteiger charge is -2.09. The van der Waals surface area contributed by atoms with Crippen LogP contribution in [0.25, 0.3) is 10.9 Å². The molecule has 2 heterocycles. The predicted molar refractivity (Wildman–Crippen MR) is 110 cm³/mol. The summed E-state index contributed by atoms with van der Waals surface area (Å²) in [5.74, 6) is -1.11. The summed E-state index contributed by atoms with van der Waals surface area (Å²) in [6, 6.07) is 13.4. The molecule has 0 saturated heterocycles. The molecule has 0 bridgehead atoms. The van der Waals surface area contributed by atoms with E-state index >= 15 is 0 Å². The fourth-order valence-electron chi connectivity index (χ4n) is 3.66. The number of anilines is 1. The highest BCUT2D eigenvalue weighted by Gasteiger charge is 2.27. The van der Waals surface area contributed by atoms with Gasteiger partial charge in [-0.1, -0.05) is 24.3 Å². The van der Waals surface area contributed by atoms with Gasteiger partial charge in [-0.15, -0.1) is 0 Å². The minimum absolute atomic E-state index is 0.491. The second-order valence-corrected chi connectivity index (χ2v) is 7.61. The Hall–Kier alpha value is -2.44. The van der Waals surface area contributed by atoms with Crippen molar-refractivity contribution in [3.8, 4) is 0 Å². The number of hydrogen-bond acceptors (Lipinski definition) is 3. The van der Waals surface area contributed by atoms with Gasteiger partial charge < -0.3 is 15.2 Å². The maximum absolute atomic E-state index is 13.1. The molecule has 0 aliphatic carbocycles. The Morgan fingerprint density at radius 1 is 1.15 bits per heavy atom. The van der Waals surface area contributed by atoms with Gasteiger partial charge >= 0.3 is 0 Å². The largest absolute Gasteiger partial charge is 0.343 e. The molecular formula is C21H20BrN3O2. The third kappa shape index (κ3) is 3.31. The Labute approximate surface area is 165 Å². The molecule has 0 radical (unpaired) electrons. The summed E-state index contributed by atoms with van der Waals surface area (Å²) in [7, 11) is 0. The number of carbonyl (C=O) groups is 2. The van der Waals surface area contributed by atoms with Gasteiger partial charge in [-0.2, -0.15) is 0 Å². The molecule has 1 aromatic heterocycles. The average molecular weight is 426 g/mol. The SMILES string of the molecule is Cc1ccc(NC(=O)C(=O)c2c3n(c4ccccc24)CCNCC3)c(Br)c1. The summed E-state index contributed by atoms with van der Waals surface area (Å²) in [5, 5.41) is 6.95. The molecule has 0 spiro atoms. The zero-order valence-corrected chi connectivity index (χ0v) is 16.6. The number of hydrogen-bond donors (Lipinski definition) is 2. The van der Waals surface area contributed by atoms with Crippen molar-refractivity contribution in [3.63, 3.8) is 0 Å². The van der Waals surface area contributed by atoms with E-state index in [1.807, 2.05) is 43.3 Å². The van der Waals surface area contributed by atoms with E-state index in [0.29, 0.717) is 11.3 Å². The van der Waals surface area contributed by atoms with E-state index in [9.17, 15) is 9.59 Å². The molecule has 138 valence electrons. The maximum Gasteiger partial charge on any atom is 0.296 e. The highest BCUT2D eigenvalue weighted by molar-refractivity contribution is 9.10. The van der Waals surface area contributed by atoms with Crippen LogP contribution in [-0.2, 0) is 17.8 Å². The Morgan fingerprint density at radius 2 is 1.96 bits per heavy atom. The van der Waals surface area contributed by atoms with Gasteiger partial charge in [-0.25, -0.2) is 0 Å². The maximum atomic E-state index is 13.1. The zero-order chi connectivity index (χ0) is 19.0. The number of aromatic nitrogens is 1. The van der Waals surface area contributed by atoms with Crippen molar-refractivity contribution in [3.05, 3.63) is 63.8 Å². The molecule has 1 aliphatic rings. The molecule has 1 aliphatic heterocycles. The number of carbonyl (C=O) groups excluding carboxylic acids is 2. The summed E-state index contributed by atoms with van der Waals surface area (Å²) < 4.78 is 2.92. The van der Waals surface area contributed by atoms with Crippen LogP contribution in [0.1, 0.15) is 21.6 Å². The Morgan fingerprint density at radius 3 is 2.78 bits per heavy atom. The number of ketones is 1. The van der Waals surface area contributed by atoms with Crippen LogP contribution >= 0.6 is 15.9 Å². The average Bonchev–Trinajstić information content (AvgIpc) is 2.80. The first-order valence-electron chi connectivity index (χ1n) is 8.99. The number of benzene rings is 2. The fourth-order valence-corrected chi connectivity index (χ4v) is 4.25. The van der Waals surface area contributed by atoms with Gasteiger partial charge in [0.25, 0.3) is 11.7 Å². The van der Waals surface area contributed by atoms with E-state index < -0.39 is 11.7 Å². The smallest absolute Gasteiger partial charge is 0.296 e. The lowest BCUT2D eigenvalue weighted by molar-refractivity contribution is -0.112. The molecule has 6 heteroatoms. The van der Waals surface area contributed by atoms with Crippen molar-refractivity contribution in [2.75, 3.05) is 18.4 Å². The number of nitrogens with zero attached hydrogens (tertiary/aromatic N) is 1. The molecule has 1 amide bonds. The predicted octanol–water partition coefficient (Wildman–Crippen LogP) is 3.68. The summed E-state index contributed by atoms with van der Waals surface area (Å²) in [6.45, 7) is 4.40. The molecule has 0 atom stereocenters. The normalized spacial score (nSPS) is 13.9. The number of nitrogens with one attached hydrogen (secondary N) is 2. The van der Waals surface area contributed by atoms with Crippen LogP contribution in [0.4, 0.5) is 5.69 Å². The van der Waals surface area contributed by atoms with Crippen LogP contribution in [0, 0.1) is 6.92 Å². The highest BCUT2D eigenvalue weighted by atomic mass is 79.9. The summed E-state index contributed by atoms with van der Waals surface area (Å²) in [6.07, 6.45) is 0.720. The number of Topliss-reactive ketones (excluding diaryl/α,β-unsaturated/α-hetero) is 1. The number of aryl methyl sites for hydroxylation is 1. The number of halogens is 1. The van der Waals surface area contributed by atoms with Gasteiger partial charge in [-0.3, -0.25) is 9.59 Å². The first kappa shape index (κ1) is 17.9. The van der Waals surface area contributed by atoms with Gasteiger partial charge in [0.15, 0.2) is 0 Å². The van der Waals surface area contributed by atoms with Crippen molar-refractivity contribution in [1.82, 2.24) is 9.88 Å². The molecular weight excluding hydrogens is 406 g/mol. The van der Waals surface area contributed by atoms with E-state index in [1.54, 1.807) is 6.07 Å². The van der Waals surface area contributed by atoms with Gasteiger partial charge in [-0.05, 0) is 46.6 Å². The van der Waals surface area contributed by atoms with Crippen molar-refractivity contribution in [2.45, 2.75) is 19.9 Å². The summed E-state index contributed by atoms with van der Waals surface area (Å²) in [4.78, 5) is 25.9. The van der Waals surface area contributed by atoms with Crippen molar-refractivity contribution < 1.29 is 9.59 Å². The zero-order valence-electron chi connectivity index (χ0n) is 15.0. The van der Waals surface area contributed by atoms with Crippen LogP contribution in [0.2, 0.25) is 0 Å². The van der Waals surface area contributed by atoms with E-state index in [2.05, 4.69) is 31.1 Å². The van der Waals surface area contributed by atoms with Crippen LogP contribution in [-0.4, -0.2) is 29.3 Å². The van der Waals surface area contributed by atoms with Gasteiger partial charge in [0, 0.05) is 47.1 Å². The first-order valence-corrected chi connectivity index (χ1v) is 9.78. The molecule has 2 aromatic carbocycles. The molecule has 5 nitrogen and oxygen atoms in total. The van der Waals surface area contributed by atoms with E-state index in [4.69, 9.17) is 0 Å². The van der Waals surface area contributed by atoms with Crippen LogP contribution in [0.3, 0.4) is 0 Å². The van der Waals surface area contributed by atoms with Gasteiger partial charge in [0.1, 0.15) is 0 Å². The monoisotopic (exact) mass is 425 g/mol. The van der Waals surface area contributed by atoms with Crippen molar-refractivity contribution in [2.24, 2.45) is 0 Å². The third-order valence-electron chi connectivity index (χ3n) is 4.94.